The van der Waals surface area contributed by atoms with E-state index in [0.717, 1.165) is 7.11 Å². The third-order valence-corrected chi connectivity index (χ3v) is 6.67. The minimum absolute atomic E-state index is 0.00589. The number of nitroso groups, excluding NO2 is 1. The molecule has 1 aromatic heterocycles. The molecule has 1 atom stereocenters. The molecule has 1 amide bonds. The average molecular weight is 608 g/mol. The van der Waals surface area contributed by atoms with E-state index >= 15 is 0 Å². The number of aromatic amines is 1. The van der Waals surface area contributed by atoms with E-state index in [4.69, 9.17) is 18.9 Å². The van der Waals surface area contributed by atoms with Crippen molar-refractivity contribution in [3.63, 3.8) is 0 Å². The molecule has 0 saturated heterocycles. The number of H-pyrrole nitrogens is 1. The highest BCUT2D eigenvalue weighted by Gasteiger charge is 2.42. The number of hydrogen-bond acceptors (Lipinski definition) is 13. The molecule has 1 N–H and O–H groups in total. The lowest BCUT2D eigenvalue weighted by Crippen LogP contribution is -2.33. The zero-order chi connectivity index (χ0) is 32.5. The van der Waals surface area contributed by atoms with Crippen LogP contribution in [-0.4, -0.2) is 85.8 Å². The van der Waals surface area contributed by atoms with E-state index in [0.29, 0.717) is 10.6 Å². The lowest BCUT2D eigenvalue weighted by atomic mass is 9.93. The number of ether oxygens (including phenoxy) is 5. The van der Waals surface area contributed by atoms with Crippen LogP contribution in [0.4, 0.5) is 0 Å². The average Bonchev–Trinajstić information content (AvgIpc) is 3.41. The minimum Gasteiger partial charge on any atom is -0.469 e. The second-order valence-corrected chi connectivity index (χ2v) is 10.6. The van der Waals surface area contributed by atoms with E-state index in [9.17, 15) is 33.7 Å². The monoisotopic (exact) mass is 607 g/mol. The number of carbonyl (C=O) groups excluding carboxylic acids is 6. The summed E-state index contributed by atoms with van der Waals surface area (Å²) in [5.41, 5.74) is 0.0291. The number of nitrogens with one attached hydrogen (secondary N) is 1. The van der Waals surface area contributed by atoms with E-state index in [2.05, 4.69) is 15.0 Å². The standard InChI is InChI=1S/C28H37N3O12/c1-28(2,3)43-27(37)25-18(13-24(35)42-7)15(8-10-21(32)39-4)19(29-25)14-20-17(12-23(34)41-6)16(9-11-22(33)40-5)26(36)31(20)30-38/h20,29H,8-14H2,1-7H3. The molecule has 1 aliphatic rings. The van der Waals surface area contributed by atoms with Crippen molar-refractivity contribution in [2.24, 2.45) is 5.29 Å². The van der Waals surface area contributed by atoms with Gasteiger partial charge >= 0.3 is 29.8 Å². The van der Waals surface area contributed by atoms with Crippen LogP contribution < -0.4 is 0 Å². The van der Waals surface area contributed by atoms with Gasteiger partial charge < -0.3 is 28.7 Å². The van der Waals surface area contributed by atoms with Crippen LogP contribution >= 0.6 is 0 Å². The van der Waals surface area contributed by atoms with Gasteiger partial charge in [-0.25, -0.2) is 4.79 Å². The number of methoxy groups -OCH3 is 4. The molecule has 1 unspecified atom stereocenters. The summed E-state index contributed by atoms with van der Waals surface area (Å²) in [4.78, 5) is 90.1. The van der Waals surface area contributed by atoms with E-state index in [1.165, 1.54) is 21.3 Å². The molecule has 0 saturated carbocycles. The molecule has 236 valence electrons. The molecule has 0 radical (unpaired) electrons. The Morgan fingerprint density at radius 1 is 0.814 bits per heavy atom. The highest BCUT2D eigenvalue weighted by Crippen LogP contribution is 2.36. The van der Waals surface area contributed by atoms with Crippen LogP contribution in [0.1, 0.15) is 73.8 Å². The predicted molar refractivity (Wildman–Crippen MR) is 147 cm³/mol. The number of esters is 5. The maximum absolute atomic E-state index is 13.3. The van der Waals surface area contributed by atoms with Gasteiger partial charge in [-0.1, -0.05) is 0 Å². The quantitative estimate of drug-likeness (QED) is 0.184. The summed E-state index contributed by atoms with van der Waals surface area (Å²) in [7, 11) is 4.72. The van der Waals surface area contributed by atoms with Gasteiger partial charge in [0.15, 0.2) is 0 Å². The van der Waals surface area contributed by atoms with Crippen molar-refractivity contribution < 1.29 is 52.5 Å². The first-order valence-corrected chi connectivity index (χ1v) is 13.3. The fraction of sp³-hybridized carbons (Fsp3) is 0.571. The Morgan fingerprint density at radius 2 is 1.35 bits per heavy atom. The van der Waals surface area contributed by atoms with Crippen LogP contribution in [0.2, 0.25) is 0 Å². The lowest BCUT2D eigenvalue weighted by Gasteiger charge is -2.20. The largest absolute Gasteiger partial charge is 0.469 e. The topological polar surface area (TPSA) is 197 Å². The summed E-state index contributed by atoms with van der Waals surface area (Å²) in [6.45, 7) is 4.97. The number of aromatic nitrogens is 1. The molecule has 1 aliphatic heterocycles. The second kappa shape index (κ2) is 15.1. The van der Waals surface area contributed by atoms with Gasteiger partial charge in [-0.2, -0.15) is 5.01 Å². The smallest absolute Gasteiger partial charge is 0.355 e. The summed E-state index contributed by atoms with van der Waals surface area (Å²) >= 11 is 0. The van der Waals surface area contributed by atoms with Gasteiger partial charge in [0.2, 0.25) is 0 Å². The van der Waals surface area contributed by atoms with Gasteiger partial charge in [0.1, 0.15) is 11.3 Å². The Bertz CT molecular complexity index is 1300. The van der Waals surface area contributed by atoms with Crippen molar-refractivity contribution in [3.8, 4) is 0 Å². The van der Waals surface area contributed by atoms with Crippen LogP contribution in [0.25, 0.3) is 0 Å². The van der Waals surface area contributed by atoms with Crippen molar-refractivity contribution in [3.05, 3.63) is 38.6 Å². The Balaban J connectivity index is 2.75. The fourth-order valence-corrected chi connectivity index (χ4v) is 4.67. The van der Waals surface area contributed by atoms with Gasteiger partial charge in [0.05, 0.1) is 52.6 Å². The number of nitrogens with zero attached hydrogens (tertiary/aromatic N) is 2. The van der Waals surface area contributed by atoms with Gasteiger partial charge in [-0.3, -0.25) is 24.0 Å². The highest BCUT2D eigenvalue weighted by atomic mass is 16.6. The van der Waals surface area contributed by atoms with Crippen molar-refractivity contribution in [1.29, 1.82) is 0 Å². The van der Waals surface area contributed by atoms with Gasteiger partial charge in [-0.15, -0.1) is 4.91 Å². The van der Waals surface area contributed by atoms with E-state index in [-0.39, 0.29) is 66.6 Å². The number of carbonyl (C=O) groups is 6. The molecule has 15 heteroatoms. The minimum atomic E-state index is -1.13. The van der Waals surface area contributed by atoms with Gasteiger partial charge in [0, 0.05) is 30.5 Å². The van der Waals surface area contributed by atoms with Gasteiger partial charge in [0.25, 0.3) is 5.91 Å². The van der Waals surface area contributed by atoms with Crippen molar-refractivity contribution >= 4 is 35.8 Å². The summed E-state index contributed by atoms with van der Waals surface area (Å²) < 4.78 is 24.6. The van der Waals surface area contributed by atoms with Crippen LogP contribution in [0.15, 0.2) is 16.4 Å². The van der Waals surface area contributed by atoms with Crippen molar-refractivity contribution in [2.75, 3.05) is 28.4 Å². The number of hydrogen-bond donors (Lipinski definition) is 1. The molecule has 0 aromatic carbocycles. The number of amides is 1. The molecule has 43 heavy (non-hydrogen) atoms. The molecule has 2 heterocycles. The molecule has 1 aromatic rings. The first-order chi connectivity index (χ1) is 20.2. The summed E-state index contributed by atoms with van der Waals surface area (Å²) in [5.74, 6) is -4.19. The van der Waals surface area contributed by atoms with E-state index in [1.54, 1.807) is 20.8 Å². The van der Waals surface area contributed by atoms with E-state index in [1.807, 2.05) is 0 Å². The SMILES string of the molecule is COC(=O)CCC1=C(CC(=O)OC)C(Cc2[nH]c(C(=O)OC(C)(C)C)c(CC(=O)OC)c2CCC(=O)OC)N(N=O)C1=O. The first kappa shape index (κ1) is 34.6. The van der Waals surface area contributed by atoms with Crippen LogP contribution in [-0.2, 0) is 66.9 Å². The Morgan fingerprint density at radius 3 is 1.86 bits per heavy atom. The lowest BCUT2D eigenvalue weighted by molar-refractivity contribution is -0.141. The maximum atomic E-state index is 13.3. The first-order valence-electron chi connectivity index (χ1n) is 13.3. The van der Waals surface area contributed by atoms with Crippen molar-refractivity contribution in [1.82, 2.24) is 9.99 Å². The zero-order valence-corrected chi connectivity index (χ0v) is 25.3. The summed E-state index contributed by atoms with van der Waals surface area (Å²) in [5, 5.41) is 3.53. The molecule has 0 fully saturated rings. The third-order valence-electron chi connectivity index (χ3n) is 6.67. The summed E-state index contributed by atoms with van der Waals surface area (Å²) in [6.07, 6.45) is -1.46. The van der Waals surface area contributed by atoms with Crippen LogP contribution in [0, 0.1) is 4.91 Å². The Kier molecular flexibility index (Phi) is 12.1. The molecular weight excluding hydrogens is 570 g/mol. The molecule has 15 nitrogen and oxygen atoms in total. The fourth-order valence-electron chi connectivity index (χ4n) is 4.67. The molecule has 0 spiro atoms. The summed E-state index contributed by atoms with van der Waals surface area (Å²) in [6, 6.07) is -1.13. The molecular formula is C28H37N3O12. The second-order valence-electron chi connectivity index (χ2n) is 10.6. The molecule has 0 bridgehead atoms. The normalized spacial score (nSPS) is 14.8. The number of rotatable bonds is 14. The third kappa shape index (κ3) is 8.96. The van der Waals surface area contributed by atoms with Gasteiger partial charge in [-0.05, 0) is 50.3 Å². The highest BCUT2D eigenvalue weighted by molar-refractivity contribution is 5.99. The van der Waals surface area contributed by atoms with Crippen LogP contribution in [0.3, 0.4) is 0 Å². The molecule has 2 rings (SSSR count). The Labute approximate surface area is 248 Å². The zero-order valence-electron chi connectivity index (χ0n) is 25.3. The van der Waals surface area contributed by atoms with E-state index < -0.39 is 53.8 Å². The Hall–Kier alpha value is -4.56. The molecule has 0 aliphatic carbocycles. The maximum Gasteiger partial charge on any atom is 0.355 e. The predicted octanol–water partition coefficient (Wildman–Crippen LogP) is 2.04. The van der Waals surface area contributed by atoms with Crippen molar-refractivity contribution in [2.45, 2.75) is 77.4 Å². The van der Waals surface area contributed by atoms with Crippen LogP contribution in [0.5, 0.6) is 0 Å².